The van der Waals surface area contributed by atoms with Crippen molar-refractivity contribution in [3.8, 4) is 0 Å². The Labute approximate surface area is 139 Å². The number of aromatic nitrogens is 3. The molecule has 0 radical (unpaired) electrons. The van der Waals surface area contributed by atoms with Crippen LogP contribution in [0.3, 0.4) is 0 Å². The van der Waals surface area contributed by atoms with Gasteiger partial charge < -0.3 is 5.32 Å². The standard InChI is InChI=1S/C14H14ClF3N4O2/c1-21-12(14(16,17)18)20-22(13(21)24)7-6-19-11(23)8-9-4-2-3-5-10(9)15/h2-5H,6-8H2,1H3,(H,19,23). The average Bonchev–Trinajstić information content (AvgIpc) is 2.78. The van der Waals surface area contributed by atoms with Gasteiger partial charge in [0.05, 0.1) is 13.0 Å². The van der Waals surface area contributed by atoms with E-state index >= 15 is 0 Å². The van der Waals surface area contributed by atoms with E-state index in [1.165, 1.54) is 0 Å². The second kappa shape index (κ2) is 7.08. The van der Waals surface area contributed by atoms with Gasteiger partial charge in [-0.3, -0.25) is 9.36 Å². The molecule has 0 bridgehead atoms. The van der Waals surface area contributed by atoms with Gasteiger partial charge in [-0.05, 0) is 11.6 Å². The first-order chi connectivity index (χ1) is 11.2. The topological polar surface area (TPSA) is 68.9 Å². The van der Waals surface area contributed by atoms with Gasteiger partial charge >= 0.3 is 11.9 Å². The third-order valence-corrected chi connectivity index (χ3v) is 3.62. The van der Waals surface area contributed by atoms with Gasteiger partial charge in [-0.15, -0.1) is 5.10 Å². The Morgan fingerprint density at radius 2 is 2.00 bits per heavy atom. The number of nitrogens with zero attached hydrogens (tertiary/aromatic N) is 3. The van der Waals surface area contributed by atoms with E-state index in [1.54, 1.807) is 24.3 Å². The van der Waals surface area contributed by atoms with Gasteiger partial charge in [-0.2, -0.15) is 13.2 Å². The van der Waals surface area contributed by atoms with Gasteiger partial charge in [-0.25, -0.2) is 9.48 Å². The Kier molecular flexibility index (Phi) is 5.33. The van der Waals surface area contributed by atoms with Crippen molar-refractivity contribution in [1.29, 1.82) is 0 Å². The highest BCUT2D eigenvalue weighted by molar-refractivity contribution is 6.31. The zero-order valence-corrected chi connectivity index (χ0v) is 13.4. The molecule has 1 amide bonds. The second-order valence-corrected chi connectivity index (χ2v) is 5.41. The maximum atomic E-state index is 12.7. The number of alkyl halides is 3. The number of halogens is 4. The lowest BCUT2D eigenvalue weighted by Crippen LogP contribution is -2.32. The molecule has 0 fully saturated rings. The maximum Gasteiger partial charge on any atom is 0.451 e. The van der Waals surface area contributed by atoms with Crippen LogP contribution in [0, 0.1) is 0 Å². The highest BCUT2D eigenvalue weighted by Crippen LogP contribution is 2.25. The Morgan fingerprint density at radius 1 is 1.33 bits per heavy atom. The van der Waals surface area contributed by atoms with Crippen LogP contribution in [0.5, 0.6) is 0 Å². The van der Waals surface area contributed by atoms with Gasteiger partial charge in [0, 0.05) is 18.6 Å². The summed E-state index contributed by atoms with van der Waals surface area (Å²) in [5.41, 5.74) is -0.270. The minimum atomic E-state index is -4.72. The molecule has 0 unspecified atom stereocenters. The minimum absolute atomic E-state index is 0.0303. The average molecular weight is 363 g/mol. The van der Waals surface area contributed by atoms with Crippen LogP contribution in [0.2, 0.25) is 5.02 Å². The van der Waals surface area contributed by atoms with E-state index in [0.29, 0.717) is 19.8 Å². The van der Waals surface area contributed by atoms with E-state index in [1.807, 2.05) is 0 Å². The molecule has 1 heterocycles. The molecule has 0 aliphatic rings. The molecule has 1 aromatic heterocycles. The fourth-order valence-corrected chi connectivity index (χ4v) is 2.26. The predicted molar refractivity (Wildman–Crippen MR) is 80.6 cm³/mol. The summed E-state index contributed by atoms with van der Waals surface area (Å²) in [7, 11) is 0.991. The summed E-state index contributed by atoms with van der Waals surface area (Å²) in [5, 5.41) is 6.21. The largest absolute Gasteiger partial charge is 0.451 e. The second-order valence-electron chi connectivity index (χ2n) is 5.00. The Hall–Kier alpha value is -2.29. The minimum Gasteiger partial charge on any atom is -0.354 e. The van der Waals surface area contributed by atoms with Crippen molar-refractivity contribution >= 4 is 17.5 Å². The molecule has 24 heavy (non-hydrogen) atoms. The van der Waals surface area contributed by atoms with Crippen LogP contribution >= 0.6 is 11.6 Å². The van der Waals surface area contributed by atoms with Crippen LogP contribution in [0.25, 0.3) is 0 Å². The number of hydrogen-bond donors (Lipinski definition) is 1. The molecule has 0 spiro atoms. The number of carbonyl (C=O) groups excluding carboxylic acids is 1. The SMILES string of the molecule is Cn1c(C(F)(F)F)nn(CCNC(=O)Cc2ccccc2Cl)c1=O. The Morgan fingerprint density at radius 3 is 2.58 bits per heavy atom. The Bertz CT molecular complexity index is 798. The first kappa shape index (κ1) is 18.1. The number of hydrogen-bond acceptors (Lipinski definition) is 3. The summed E-state index contributed by atoms with van der Waals surface area (Å²) < 4.78 is 39.1. The fourth-order valence-electron chi connectivity index (χ4n) is 2.06. The lowest BCUT2D eigenvalue weighted by Gasteiger charge is -2.06. The van der Waals surface area contributed by atoms with Crippen molar-refractivity contribution in [1.82, 2.24) is 19.7 Å². The first-order valence-corrected chi connectivity index (χ1v) is 7.29. The summed E-state index contributed by atoms with van der Waals surface area (Å²) in [6, 6.07) is 6.81. The number of carbonyl (C=O) groups is 1. The molecule has 10 heteroatoms. The van der Waals surface area contributed by atoms with Gasteiger partial charge in [0.15, 0.2) is 0 Å². The maximum absolute atomic E-state index is 12.7. The molecule has 0 aliphatic carbocycles. The third kappa shape index (κ3) is 4.16. The summed E-state index contributed by atoms with van der Waals surface area (Å²) in [5.74, 6) is -1.64. The lowest BCUT2D eigenvalue weighted by molar-refractivity contribution is -0.147. The fraction of sp³-hybridized carbons (Fsp3) is 0.357. The lowest BCUT2D eigenvalue weighted by atomic mass is 10.1. The number of benzene rings is 1. The van der Waals surface area contributed by atoms with Crippen molar-refractivity contribution < 1.29 is 18.0 Å². The van der Waals surface area contributed by atoms with E-state index in [4.69, 9.17) is 11.6 Å². The van der Waals surface area contributed by atoms with E-state index in [2.05, 4.69) is 10.4 Å². The number of nitrogens with one attached hydrogen (secondary N) is 1. The molecule has 1 aromatic carbocycles. The van der Waals surface area contributed by atoms with Crippen LogP contribution in [-0.4, -0.2) is 26.8 Å². The van der Waals surface area contributed by atoms with Crippen LogP contribution in [0.15, 0.2) is 29.1 Å². The van der Waals surface area contributed by atoms with Gasteiger partial charge in [0.2, 0.25) is 11.7 Å². The molecule has 0 aliphatic heterocycles. The molecule has 6 nitrogen and oxygen atoms in total. The third-order valence-electron chi connectivity index (χ3n) is 3.25. The van der Waals surface area contributed by atoms with Crippen LogP contribution in [0.4, 0.5) is 13.2 Å². The highest BCUT2D eigenvalue weighted by Gasteiger charge is 2.37. The number of amides is 1. The van der Waals surface area contributed by atoms with Gasteiger partial charge in [0.1, 0.15) is 0 Å². The quantitative estimate of drug-likeness (QED) is 0.878. The molecule has 0 saturated heterocycles. The first-order valence-electron chi connectivity index (χ1n) is 6.91. The molecule has 0 atom stereocenters. The van der Waals surface area contributed by atoms with Crippen molar-refractivity contribution in [2.75, 3.05) is 6.54 Å². The van der Waals surface area contributed by atoms with E-state index in [0.717, 1.165) is 7.05 Å². The smallest absolute Gasteiger partial charge is 0.354 e. The molecule has 130 valence electrons. The monoisotopic (exact) mass is 362 g/mol. The molecule has 2 rings (SSSR count). The summed E-state index contributed by atoms with van der Waals surface area (Å²) in [6.07, 6.45) is -4.68. The zero-order valence-electron chi connectivity index (χ0n) is 12.6. The molecular formula is C14H14ClF3N4O2. The zero-order chi connectivity index (χ0) is 17.9. The molecule has 0 saturated carbocycles. The van der Waals surface area contributed by atoms with E-state index < -0.39 is 17.7 Å². The highest BCUT2D eigenvalue weighted by atomic mass is 35.5. The van der Waals surface area contributed by atoms with E-state index in [9.17, 15) is 22.8 Å². The molecule has 1 N–H and O–H groups in total. The summed E-state index contributed by atoms with van der Waals surface area (Å²) in [4.78, 5) is 23.5. The van der Waals surface area contributed by atoms with Crippen LogP contribution in [0.1, 0.15) is 11.4 Å². The molecular weight excluding hydrogens is 349 g/mol. The van der Waals surface area contributed by atoms with Crippen molar-refractivity contribution in [2.45, 2.75) is 19.1 Å². The van der Waals surface area contributed by atoms with Crippen molar-refractivity contribution in [2.24, 2.45) is 7.05 Å². The van der Waals surface area contributed by atoms with Crippen LogP contribution < -0.4 is 11.0 Å². The summed E-state index contributed by atoms with van der Waals surface area (Å²) in [6.45, 7) is -0.200. The van der Waals surface area contributed by atoms with Crippen molar-refractivity contribution in [3.63, 3.8) is 0 Å². The van der Waals surface area contributed by atoms with Crippen LogP contribution in [-0.2, 0) is 31.0 Å². The predicted octanol–water partition coefficient (Wildman–Crippen LogP) is 1.61. The summed E-state index contributed by atoms with van der Waals surface area (Å²) >= 11 is 5.94. The van der Waals surface area contributed by atoms with E-state index in [-0.39, 0.29) is 25.4 Å². The van der Waals surface area contributed by atoms with Gasteiger partial charge in [0.25, 0.3) is 0 Å². The normalized spacial score (nSPS) is 11.5. The van der Waals surface area contributed by atoms with Gasteiger partial charge in [-0.1, -0.05) is 29.8 Å². The number of rotatable bonds is 5. The Balaban J connectivity index is 1.94. The van der Waals surface area contributed by atoms with Crippen molar-refractivity contribution in [3.05, 3.63) is 51.2 Å². The molecule has 2 aromatic rings.